The summed E-state index contributed by atoms with van der Waals surface area (Å²) in [6.45, 7) is 5.71. The highest BCUT2D eigenvalue weighted by atomic mass is 16.7. The fourth-order valence-corrected chi connectivity index (χ4v) is 1.57. The quantitative estimate of drug-likeness (QED) is 0.564. The van der Waals surface area contributed by atoms with Crippen molar-refractivity contribution in [1.82, 2.24) is 0 Å². The van der Waals surface area contributed by atoms with Crippen molar-refractivity contribution < 1.29 is 19.0 Å². The molecule has 0 bridgehead atoms. The van der Waals surface area contributed by atoms with Crippen molar-refractivity contribution in [3.8, 4) is 11.5 Å². The number of benzene rings is 1. The van der Waals surface area contributed by atoms with Crippen molar-refractivity contribution in [3.63, 3.8) is 0 Å². The summed E-state index contributed by atoms with van der Waals surface area (Å²) in [4.78, 5) is 11.6. The van der Waals surface area contributed by atoms with Gasteiger partial charge < -0.3 is 14.2 Å². The van der Waals surface area contributed by atoms with Gasteiger partial charge in [-0.1, -0.05) is 6.07 Å². The van der Waals surface area contributed by atoms with Gasteiger partial charge in [-0.2, -0.15) is 0 Å². The number of Topliss-reactive ketones (excluding diaryl/α,β-unsaturated/α-hetero) is 1. The lowest BCUT2D eigenvalue weighted by atomic mass is 10.1. The van der Waals surface area contributed by atoms with Crippen molar-refractivity contribution in [3.05, 3.63) is 23.8 Å². The second kappa shape index (κ2) is 6.25. The first kappa shape index (κ1) is 13.5. The third kappa shape index (κ3) is 3.46. The normalized spacial score (nSPS) is 12.0. The molecule has 1 unspecified atom stereocenters. The highest BCUT2D eigenvalue weighted by Gasteiger charge is 2.16. The molecule has 0 spiro atoms. The fourth-order valence-electron chi connectivity index (χ4n) is 1.57. The van der Waals surface area contributed by atoms with E-state index in [9.17, 15) is 4.79 Å². The zero-order valence-corrected chi connectivity index (χ0v) is 10.6. The van der Waals surface area contributed by atoms with Crippen LogP contribution in [0.15, 0.2) is 18.2 Å². The lowest BCUT2D eigenvalue weighted by molar-refractivity contribution is -0.0616. The average molecular weight is 238 g/mol. The molecule has 0 saturated carbocycles. The van der Waals surface area contributed by atoms with E-state index in [4.69, 9.17) is 14.2 Å². The van der Waals surface area contributed by atoms with Crippen LogP contribution in [0.1, 0.15) is 31.1 Å². The van der Waals surface area contributed by atoms with Crippen LogP contribution in [-0.4, -0.2) is 25.8 Å². The molecule has 0 aliphatic heterocycles. The van der Waals surface area contributed by atoms with Gasteiger partial charge in [0.05, 0.1) is 7.11 Å². The lowest BCUT2D eigenvalue weighted by Crippen LogP contribution is -2.17. The molecule has 1 atom stereocenters. The van der Waals surface area contributed by atoms with Gasteiger partial charge in [-0.05, 0) is 32.9 Å². The van der Waals surface area contributed by atoms with Crippen molar-refractivity contribution >= 4 is 5.78 Å². The van der Waals surface area contributed by atoms with Crippen molar-refractivity contribution in [1.29, 1.82) is 0 Å². The zero-order valence-electron chi connectivity index (χ0n) is 10.6. The van der Waals surface area contributed by atoms with Gasteiger partial charge >= 0.3 is 0 Å². The van der Waals surface area contributed by atoms with Crippen LogP contribution < -0.4 is 9.47 Å². The van der Waals surface area contributed by atoms with Gasteiger partial charge in [0.25, 0.3) is 0 Å². The van der Waals surface area contributed by atoms with Crippen LogP contribution >= 0.6 is 0 Å². The van der Waals surface area contributed by atoms with Crippen molar-refractivity contribution in [2.24, 2.45) is 0 Å². The van der Waals surface area contributed by atoms with Crippen LogP contribution in [0.2, 0.25) is 0 Å². The maximum Gasteiger partial charge on any atom is 0.196 e. The number of hydrogen-bond acceptors (Lipinski definition) is 4. The van der Waals surface area contributed by atoms with Crippen LogP contribution in [0.4, 0.5) is 0 Å². The van der Waals surface area contributed by atoms with E-state index in [0.717, 1.165) is 0 Å². The van der Waals surface area contributed by atoms with Crippen molar-refractivity contribution in [2.45, 2.75) is 27.1 Å². The van der Waals surface area contributed by atoms with Crippen LogP contribution in [0.25, 0.3) is 0 Å². The third-order valence-electron chi connectivity index (χ3n) is 2.25. The molecule has 0 heterocycles. The minimum Gasteiger partial charge on any atom is -0.496 e. The largest absolute Gasteiger partial charge is 0.496 e. The van der Waals surface area contributed by atoms with E-state index in [1.807, 2.05) is 6.92 Å². The van der Waals surface area contributed by atoms with E-state index in [1.165, 1.54) is 14.0 Å². The maximum atomic E-state index is 11.6. The summed E-state index contributed by atoms with van der Waals surface area (Å²) < 4.78 is 16.0. The summed E-state index contributed by atoms with van der Waals surface area (Å²) in [6.07, 6.45) is -0.398. The summed E-state index contributed by atoms with van der Waals surface area (Å²) in [5.74, 6) is 0.901. The number of ether oxygens (including phenoxy) is 3. The molecule has 0 aliphatic rings. The van der Waals surface area contributed by atoms with E-state index < -0.39 is 6.29 Å². The summed E-state index contributed by atoms with van der Waals surface area (Å²) in [5.41, 5.74) is 0.446. The summed E-state index contributed by atoms with van der Waals surface area (Å²) >= 11 is 0. The maximum absolute atomic E-state index is 11.6. The molecule has 0 N–H and O–H groups in total. The Balaban J connectivity index is 3.02. The standard InChI is InChI=1S/C13H18O4/c1-5-16-10(3)17-12-8-6-7-11(15-4)13(12)9(2)14/h6-8,10H,5H2,1-4H3. The van der Waals surface area contributed by atoms with Gasteiger partial charge in [-0.25, -0.2) is 0 Å². The molecule has 0 radical (unpaired) electrons. The van der Waals surface area contributed by atoms with Crippen LogP contribution in [-0.2, 0) is 4.74 Å². The Bertz CT molecular complexity index is 387. The van der Waals surface area contributed by atoms with Gasteiger partial charge in [0.1, 0.15) is 17.1 Å². The molecular weight excluding hydrogens is 220 g/mol. The van der Waals surface area contributed by atoms with Gasteiger partial charge in [-0.15, -0.1) is 0 Å². The smallest absolute Gasteiger partial charge is 0.196 e. The van der Waals surface area contributed by atoms with Gasteiger partial charge in [-0.3, -0.25) is 4.79 Å². The number of ketones is 1. The molecule has 1 aromatic carbocycles. The van der Waals surface area contributed by atoms with Crippen molar-refractivity contribution in [2.75, 3.05) is 13.7 Å². The van der Waals surface area contributed by atoms with Gasteiger partial charge in [0, 0.05) is 6.61 Å². The molecule has 94 valence electrons. The van der Waals surface area contributed by atoms with Gasteiger partial charge in [0.15, 0.2) is 12.1 Å². The Morgan fingerprint density at radius 1 is 1.35 bits per heavy atom. The van der Waals surface area contributed by atoms with E-state index in [0.29, 0.717) is 23.7 Å². The number of methoxy groups -OCH3 is 1. The number of carbonyl (C=O) groups is 1. The minimum absolute atomic E-state index is 0.0962. The highest BCUT2D eigenvalue weighted by molar-refractivity contribution is 5.99. The second-order valence-electron chi connectivity index (χ2n) is 3.53. The number of carbonyl (C=O) groups excluding carboxylic acids is 1. The molecule has 1 aromatic rings. The SMILES string of the molecule is CCOC(C)Oc1cccc(OC)c1C(C)=O. The molecule has 17 heavy (non-hydrogen) atoms. The molecular formula is C13H18O4. The molecule has 0 fully saturated rings. The number of hydrogen-bond donors (Lipinski definition) is 0. The third-order valence-corrected chi connectivity index (χ3v) is 2.25. The Morgan fingerprint density at radius 2 is 2.00 bits per heavy atom. The molecule has 0 aliphatic carbocycles. The van der Waals surface area contributed by atoms with Crippen LogP contribution in [0.5, 0.6) is 11.5 Å². The summed E-state index contributed by atoms with van der Waals surface area (Å²) in [5, 5.41) is 0. The molecule has 0 amide bonds. The zero-order chi connectivity index (χ0) is 12.8. The fraction of sp³-hybridized carbons (Fsp3) is 0.462. The molecule has 0 aromatic heterocycles. The van der Waals surface area contributed by atoms with Gasteiger partial charge in [0.2, 0.25) is 0 Å². The molecule has 0 saturated heterocycles. The summed E-state index contributed by atoms with van der Waals surface area (Å²) in [7, 11) is 1.53. The van der Waals surface area contributed by atoms with E-state index >= 15 is 0 Å². The van der Waals surface area contributed by atoms with E-state index in [-0.39, 0.29) is 5.78 Å². The monoisotopic (exact) mass is 238 g/mol. The first-order valence-corrected chi connectivity index (χ1v) is 5.56. The average Bonchev–Trinajstić information content (AvgIpc) is 2.28. The minimum atomic E-state index is -0.398. The number of rotatable bonds is 6. The highest BCUT2D eigenvalue weighted by Crippen LogP contribution is 2.29. The first-order valence-electron chi connectivity index (χ1n) is 5.56. The van der Waals surface area contributed by atoms with Crippen LogP contribution in [0.3, 0.4) is 0 Å². The van der Waals surface area contributed by atoms with E-state index in [2.05, 4.69) is 0 Å². The lowest BCUT2D eigenvalue weighted by Gasteiger charge is -2.17. The Morgan fingerprint density at radius 3 is 2.53 bits per heavy atom. The van der Waals surface area contributed by atoms with Crippen LogP contribution in [0, 0.1) is 0 Å². The first-order chi connectivity index (χ1) is 8.10. The van der Waals surface area contributed by atoms with E-state index in [1.54, 1.807) is 25.1 Å². The summed E-state index contributed by atoms with van der Waals surface area (Å²) in [6, 6.07) is 5.24. The predicted molar refractivity (Wildman–Crippen MR) is 64.7 cm³/mol. The Labute approximate surface area is 101 Å². The second-order valence-corrected chi connectivity index (χ2v) is 3.53. The predicted octanol–water partition coefficient (Wildman–Crippen LogP) is 2.66. The Kier molecular flexibility index (Phi) is 4.97. The molecule has 1 rings (SSSR count). The molecule has 4 nitrogen and oxygen atoms in total. The Hall–Kier alpha value is -1.55. The topological polar surface area (TPSA) is 44.8 Å². The molecule has 4 heteroatoms.